The summed E-state index contributed by atoms with van der Waals surface area (Å²) in [7, 11) is 0. The molecular weight excluding hydrogens is 936 g/mol. The van der Waals surface area contributed by atoms with Crippen molar-refractivity contribution >= 4 is 88.7 Å². The molecule has 2 aliphatic rings. The summed E-state index contributed by atoms with van der Waals surface area (Å²) in [6, 6.07) is 83.0. The molecule has 10 aromatic carbocycles. The van der Waals surface area contributed by atoms with Gasteiger partial charge in [0.2, 0.25) is 0 Å². The second-order valence-corrected chi connectivity index (χ2v) is 24.2. The summed E-state index contributed by atoms with van der Waals surface area (Å²) in [5, 5.41) is 2.75. The Morgan fingerprint density at radius 2 is 0.868 bits per heavy atom. The minimum atomic E-state index is -0.188. The maximum atomic E-state index is 2.70. The zero-order chi connectivity index (χ0) is 51.9. The Kier molecular flexibility index (Phi) is 11.8. The molecule has 4 heteroatoms. The largest absolute Gasteiger partial charge is 0.311 e. The van der Waals surface area contributed by atoms with Crippen LogP contribution in [0, 0.1) is 0 Å². The number of nitrogens with zero attached hydrogens (tertiary/aromatic N) is 2. The molecule has 0 amide bonds. The third kappa shape index (κ3) is 8.08. The SMILES string of the molecule is CCCCc1c(N2c3ccc(-c4ccccc4)cc3B3c4cc(-c5ccccc5)ccc4N(c4c(-c5ccccc5)cc(C(C)(C)C)cc4-c4ccccc4)c4cc(C(C)(C)C)cc2c43)ccc2sc3ccccc3c12. The van der Waals surface area contributed by atoms with E-state index in [0.717, 1.165) is 19.3 Å². The zero-order valence-corrected chi connectivity index (χ0v) is 45.6. The van der Waals surface area contributed by atoms with Crippen molar-refractivity contribution in [1.29, 1.82) is 0 Å². The third-order valence-corrected chi connectivity index (χ3v) is 17.3. The van der Waals surface area contributed by atoms with E-state index in [0.29, 0.717) is 0 Å². The smallest absolute Gasteiger partial charge is 0.252 e. The minimum Gasteiger partial charge on any atom is -0.311 e. The number of hydrogen-bond donors (Lipinski definition) is 0. The second-order valence-electron chi connectivity index (χ2n) is 23.1. The van der Waals surface area contributed by atoms with Crippen LogP contribution in [-0.4, -0.2) is 6.71 Å². The summed E-state index contributed by atoms with van der Waals surface area (Å²) < 4.78 is 2.69. The third-order valence-electron chi connectivity index (χ3n) is 16.2. The first-order chi connectivity index (χ1) is 36.9. The Morgan fingerprint density at radius 1 is 0.408 bits per heavy atom. The quantitative estimate of drug-likeness (QED) is 0.133. The first-order valence-corrected chi connectivity index (χ1v) is 28.2. The van der Waals surface area contributed by atoms with Crippen molar-refractivity contribution in [2.75, 3.05) is 9.80 Å². The first-order valence-electron chi connectivity index (χ1n) is 27.3. The van der Waals surface area contributed by atoms with Gasteiger partial charge in [-0.05, 0) is 145 Å². The van der Waals surface area contributed by atoms with Crippen LogP contribution in [0.15, 0.2) is 218 Å². The number of hydrogen-bond acceptors (Lipinski definition) is 3. The van der Waals surface area contributed by atoms with Crippen LogP contribution in [0.2, 0.25) is 0 Å². The summed E-state index contributed by atoms with van der Waals surface area (Å²) in [4.78, 5) is 5.40. The first kappa shape index (κ1) is 47.8. The van der Waals surface area contributed by atoms with Gasteiger partial charge in [0.15, 0.2) is 0 Å². The summed E-state index contributed by atoms with van der Waals surface area (Å²) in [6.07, 6.45) is 3.20. The van der Waals surface area contributed by atoms with Crippen molar-refractivity contribution in [1.82, 2.24) is 0 Å². The fourth-order valence-corrected chi connectivity index (χ4v) is 13.4. The number of thiophene rings is 1. The van der Waals surface area contributed by atoms with Crippen LogP contribution in [0.5, 0.6) is 0 Å². The fourth-order valence-electron chi connectivity index (χ4n) is 12.2. The molecule has 3 heterocycles. The van der Waals surface area contributed by atoms with Crippen molar-refractivity contribution in [2.24, 2.45) is 0 Å². The molecule has 1 aromatic heterocycles. The Labute approximate surface area is 454 Å². The maximum absolute atomic E-state index is 2.70. The van der Waals surface area contributed by atoms with Gasteiger partial charge in [-0.2, -0.15) is 0 Å². The predicted octanol–water partition coefficient (Wildman–Crippen LogP) is 18.7. The summed E-state index contributed by atoms with van der Waals surface area (Å²) in [5.74, 6) is 0. The summed E-state index contributed by atoms with van der Waals surface area (Å²) in [6.45, 7) is 16.4. The van der Waals surface area contributed by atoms with E-state index in [9.17, 15) is 0 Å². The normalized spacial score (nSPS) is 13.0. The lowest BCUT2D eigenvalue weighted by Crippen LogP contribution is -2.61. The van der Waals surface area contributed by atoms with Crippen LogP contribution in [0.1, 0.15) is 78.0 Å². The van der Waals surface area contributed by atoms with Crippen molar-refractivity contribution in [3.05, 3.63) is 235 Å². The Bertz CT molecular complexity index is 3930. The van der Waals surface area contributed by atoms with Crippen molar-refractivity contribution in [3.63, 3.8) is 0 Å². The van der Waals surface area contributed by atoms with E-state index in [-0.39, 0.29) is 17.5 Å². The molecule has 0 aliphatic carbocycles. The highest BCUT2D eigenvalue weighted by Crippen LogP contribution is 2.53. The summed E-state index contributed by atoms with van der Waals surface area (Å²) >= 11 is 1.92. The van der Waals surface area contributed by atoms with Crippen molar-refractivity contribution in [3.8, 4) is 44.5 Å². The topological polar surface area (TPSA) is 6.48 Å². The zero-order valence-electron chi connectivity index (χ0n) is 44.8. The van der Waals surface area contributed by atoms with Gasteiger partial charge in [-0.1, -0.05) is 219 Å². The number of fused-ring (bicyclic) bond motifs is 7. The molecule has 2 aliphatic heterocycles. The van der Waals surface area contributed by atoms with E-state index in [4.69, 9.17) is 0 Å². The molecule has 0 N–H and O–H groups in total. The highest BCUT2D eigenvalue weighted by Gasteiger charge is 2.46. The number of unbranched alkanes of at least 4 members (excludes halogenated alkanes) is 1. The molecule has 0 fully saturated rings. The Hall–Kier alpha value is -7.92. The van der Waals surface area contributed by atoms with E-state index in [1.807, 2.05) is 11.3 Å². The average Bonchev–Trinajstić information content (AvgIpc) is 3.94. The molecule has 0 saturated carbocycles. The van der Waals surface area contributed by atoms with Gasteiger partial charge in [0.1, 0.15) is 0 Å². The second kappa shape index (κ2) is 18.7. The number of anilines is 6. The average molecular weight is 999 g/mol. The molecule has 13 rings (SSSR count). The summed E-state index contributed by atoms with van der Waals surface area (Å²) in [5.41, 5.74) is 24.7. The molecule has 0 bridgehead atoms. The molecule has 370 valence electrons. The lowest BCUT2D eigenvalue weighted by molar-refractivity contribution is 0.590. The van der Waals surface area contributed by atoms with Crippen LogP contribution in [-0.2, 0) is 17.3 Å². The molecule has 0 saturated heterocycles. The Balaban J connectivity index is 1.21. The minimum absolute atomic E-state index is 0.0946. The van der Waals surface area contributed by atoms with Crippen LogP contribution in [0.25, 0.3) is 64.7 Å². The molecule has 76 heavy (non-hydrogen) atoms. The number of rotatable bonds is 9. The molecule has 0 radical (unpaired) electrons. The van der Waals surface area contributed by atoms with Gasteiger partial charge in [0.05, 0.1) is 5.69 Å². The van der Waals surface area contributed by atoms with Crippen LogP contribution < -0.4 is 26.2 Å². The number of benzene rings is 10. The lowest BCUT2D eigenvalue weighted by Gasteiger charge is -2.46. The molecular formula is C72H63BN2S. The van der Waals surface area contributed by atoms with Gasteiger partial charge in [0, 0.05) is 59.7 Å². The van der Waals surface area contributed by atoms with E-state index >= 15 is 0 Å². The fraction of sp³-hybridized carbons (Fsp3) is 0.167. The molecule has 2 nitrogen and oxygen atoms in total. The maximum Gasteiger partial charge on any atom is 0.252 e. The lowest BCUT2D eigenvalue weighted by atomic mass is 9.33. The van der Waals surface area contributed by atoms with Crippen LogP contribution in [0.4, 0.5) is 34.1 Å². The van der Waals surface area contributed by atoms with Gasteiger partial charge in [-0.3, -0.25) is 0 Å². The standard InChI is InChI=1S/C72H63BN2S/c1-8-9-32-55-61(39-40-67-68(55)56-33-22-23-34-66(56)76-67)74-62-37-35-51(47-24-14-10-15-25-47)41-59(62)73-60-42-52(48-26-16-11-17-27-48)36-38-63(60)75(65-46-54(72(5,6)7)45-64(74)69(65)73)70-57(49-28-18-12-19-29-49)43-53(71(2,3)4)44-58(70)50-30-20-13-21-31-50/h10-31,33-46H,8-9,32H2,1-7H3. The van der Waals surface area contributed by atoms with Crippen LogP contribution >= 0.6 is 11.3 Å². The van der Waals surface area contributed by atoms with E-state index < -0.39 is 0 Å². The van der Waals surface area contributed by atoms with Gasteiger partial charge in [-0.25, -0.2) is 0 Å². The van der Waals surface area contributed by atoms with Crippen LogP contribution in [0.3, 0.4) is 0 Å². The van der Waals surface area contributed by atoms with E-state index in [1.165, 1.54) is 132 Å². The van der Waals surface area contributed by atoms with Gasteiger partial charge in [-0.15, -0.1) is 11.3 Å². The van der Waals surface area contributed by atoms with Crippen molar-refractivity contribution in [2.45, 2.75) is 78.6 Å². The monoisotopic (exact) mass is 998 g/mol. The van der Waals surface area contributed by atoms with E-state index in [2.05, 4.69) is 277 Å². The van der Waals surface area contributed by atoms with E-state index in [1.54, 1.807) is 0 Å². The highest BCUT2D eigenvalue weighted by molar-refractivity contribution is 7.25. The van der Waals surface area contributed by atoms with Gasteiger partial charge < -0.3 is 9.80 Å². The molecule has 0 unspecified atom stereocenters. The molecule has 0 atom stereocenters. The number of aryl methyl sites for hydroxylation is 1. The molecule has 0 spiro atoms. The van der Waals surface area contributed by atoms with Gasteiger partial charge >= 0.3 is 0 Å². The highest BCUT2D eigenvalue weighted by atomic mass is 32.1. The van der Waals surface area contributed by atoms with Gasteiger partial charge in [0.25, 0.3) is 6.71 Å². The van der Waals surface area contributed by atoms with Crippen molar-refractivity contribution < 1.29 is 0 Å². The molecule has 11 aromatic rings. The Morgan fingerprint density at radius 3 is 1.39 bits per heavy atom. The predicted molar refractivity (Wildman–Crippen MR) is 331 cm³/mol.